The van der Waals surface area contributed by atoms with E-state index in [0.717, 1.165) is 21.4 Å². The molecule has 5 heteroatoms. The number of para-hydroxylation sites is 1. The predicted octanol–water partition coefficient (Wildman–Crippen LogP) is 6.01. The molecule has 0 saturated carbocycles. The van der Waals surface area contributed by atoms with Crippen molar-refractivity contribution in [2.24, 2.45) is 15.3 Å². The van der Waals surface area contributed by atoms with Gasteiger partial charge in [0.25, 0.3) is 0 Å². The van der Waals surface area contributed by atoms with E-state index in [0.29, 0.717) is 5.84 Å². The zero-order chi connectivity index (χ0) is 16.6. The lowest BCUT2D eigenvalue weighted by molar-refractivity contribution is 1.22. The molecule has 0 atom stereocenters. The molecule has 0 aliphatic heterocycles. The number of anilines is 1. The van der Waals surface area contributed by atoms with Crippen LogP contribution in [0.25, 0.3) is 0 Å². The number of rotatable bonds is 4. The van der Waals surface area contributed by atoms with Crippen LogP contribution in [0.1, 0.15) is 5.56 Å². The van der Waals surface area contributed by atoms with Gasteiger partial charge in [0.15, 0.2) is 0 Å². The summed E-state index contributed by atoms with van der Waals surface area (Å²) in [5, 5.41) is 13.0. The molecule has 4 nitrogen and oxygen atoms in total. The zero-order valence-corrected chi connectivity index (χ0v) is 14.4. The van der Waals surface area contributed by atoms with Gasteiger partial charge in [-0.15, -0.1) is 10.2 Å². The average molecular weight is 379 g/mol. The van der Waals surface area contributed by atoms with Crippen LogP contribution in [0.15, 0.2) is 105 Å². The second-order valence-electron chi connectivity index (χ2n) is 4.96. The number of amidine groups is 1. The van der Waals surface area contributed by atoms with Crippen LogP contribution in [-0.4, -0.2) is 5.84 Å². The van der Waals surface area contributed by atoms with E-state index < -0.39 is 0 Å². The predicted molar refractivity (Wildman–Crippen MR) is 102 cm³/mol. The van der Waals surface area contributed by atoms with Gasteiger partial charge in [0, 0.05) is 10.0 Å². The van der Waals surface area contributed by atoms with Crippen LogP contribution in [-0.2, 0) is 0 Å². The number of benzene rings is 3. The van der Waals surface area contributed by atoms with Crippen molar-refractivity contribution in [3.05, 3.63) is 95.0 Å². The van der Waals surface area contributed by atoms with E-state index in [1.807, 2.05) is 84.9 Å². The van der Waals surface area contributed by atoms with Gasteiger partial charge in [0.2, 0.25) is 5.84 Å². The molecule has 0 fully saturated rings. The normalized spacial score (nSPS) is 11.6. The third-order valence-corrected chi connectivity index (χ3v) is 3.71. The molecular formula is C19H15BrN4. The van der Waals surface area contributed by atoms with Crippen LogP contribution < -0.4 is 5.43 Å². The van der Waals surface area contributed by atoms with Gasteiger partial charge in [0.05, 0.1) is 11.4 Å². The van der Waals surface area contributed by atoms with Crippen LogP contribution in [0.2, 0.25) is 0 Å². The Hall–Kier alpha value is -2.79. The van der Waals surface area contributed by atoms with Gasteiger partial charge >= 0.3 is 0 Å². The van der Waals surface area contributed by atoms with Crippen molar-refractivity contribution in [3.63, 3.8) is 0 Å². The van der Waals surface area contributed by atoms with E-state index in [9.17, 15) is 0 Å². The van der Waals surface area contributed by atoms with E-state index in [4.69, 9.17) is 0 Å². The molecule has 0 saturated heterocycles. The number of halogens is 1. The summed E-state index contributed by atoms with van der Waals surface area (Å²) in [6.45, 7) is 0. The van der Waals surface area contributed by atoms with Crippen molar-refractivity contribution >= 4 is 33.1 Å². The maximum Gasteiger partial charge on any atom is 0.201 e. The molecule has 0 amide bonds. The van der Waals surface area contributed by atoms with E-state index in [-0.39, 0.29) is 0 Å². The lowest BCUT2D eigenvalue weighted by atomic mass is 10.2. The largest absolute Gasteiger partial charge is 0.276 e. The minimum absolute atomic E-state index is 0.516. The molecule has 0 aliphatic rings. The second-order valence-corrected chi connectivity index (χ2v) is 5.87. The standard InChI is InChI=1S/C19H15BrN4/c20-16-11-13-18(14-12-16)22-24-19(15-7-3-1-4-8-15)23-21-17-9-5-2-6-10-17/h1-14,21H. The average Bonchev–Trinajstić information content (AvgIpc) is 2.65. The monoisotopic (exact) mass is 378 g/mol. The topological polar surface area (TPSA) is 49.1 Å². The van der Waals surface area contributed by atoms with Crippen LogP contribution in [0, 0.1) is 0 Å². The van der Waals surface area contributed by atoms with Crippen molar-refractivity contribution < 1.29 is 0 Å². The highest BCUT2D eigenvalue weighted by Gasteiger charge is 2.02. The third-order valence-electron chi connectivity index (χ3n) is 3.18. The minimum Gasteiger partial charge on any atom is -0.276 e. The summed E-state index contributed by atoms with van der Waals surface area (Å²) in [4.78, 5) is 0. The first kappa shape index (κ1) is 16.1. The van der Waals surface area contributed by atoms with Gasteiger partial charge in [-0.2, -0.15) is 5.10 Å². The summed E-state index contributed by atoms with van der Waals surface area (Å²) in [7, 11) is 0. The summed E-state index contributed by atoms with van der Waals surface area (Å²) < 4.78 is 1.00. The SMILES string of the molecule is Brc1ccc(N=NC(=NNc2ccccc2)c2ccccc2)cc1. The third kappa shape index (κ3) is 4.60. The van der Waals surface area contributed by atoms with Gasteiger partial charge in [0.1, 0.15) is 0 Å². The maximum absolute atomic E-state index is 4.39. The molecule has 0 aliphatic carbocycles. The summed E-state index contributed by atoms with van der Waals surface area (Å²) in [6.07, 6.45) is 0. The van der Waals surface area contributed by atoms with E-state index in [1.54, 1.807) is 0 Å². The number of hydrazone groups is 1. The molecule has 0 bridgehead atoms. The smallest absolute Gasteiger partial charge is 0.201 e. The Morgan fingerprint density at radius 1 is 0.750 bits per heavy atom. The molecule has 118 valence electrons. The highest BCUT2D eigenvalue weighted by atomic mass is 79.9. The molecule has 3 aromatic rings. The number of nitrogens with zero attached hydrogens (tertiary/aromatic N) is 3. The first-order valence-electron chi connectivity index (χ1n) is 7.43. The minimum atomic E-state index is 0.516. The lowest BCUT2D eigenvalue weighted by Crippen LogP contribution is -2.00. The summed E-state index contributed by atoms with van der Waals surface area (Å²) >= 11 is 3.41. The van der Waals surface area contributed by atoms with Crippen LogP contribution in [0.3, 0.4) is 0 Å². The quantitative estimate of drug-likeness (QED) is 0.257. The Kier molecular flexibility index (Phi) is 5.48. The zero-order valence-electron chi connectivity index (χ0n) is 12.8. The first-order valence-corrected chi connectivity index (χ1v) is 8.22. The number of azo groups is 1. The molecular weight excluding hydrogens is 364 g/mol. The van der Waals surface area contributed by atoms with E-state index in [2.05, 4.69) is 36.7 Å². The van der Waals surface area contributed by atoms with Gasteiger partial charge in [-0.3, -0.25) is 5.43 Å². The molecule has 3 aromatic carbocycles. The van der Waals surface area contributed by atoms with Crippen LogP contribution >= 0.6 is 15.9 Å². The Morgan fingerprint density at radius 3 is 2.04 bits per heavy atom. The lowest BCUT2D eigenvalue weighted by Gasteiger charge is -2.03. The Balaban J connectivity index is 1.86. The Labute approximate surface area is 149 Å². The van der Waals surface area contributed by atoms with Crippen molar-refractivity contribution in [3.8, 4) is 0 Å². The number of hydrogen-bond acceptors (Lipinski definition) is 3. The molecule has 3 rings (SSSR count). The Bertz CT molecular complexity index is 828. The van der Waals surface area contributed by atoms with Gasteiger partial charge < -0.3 is 0 Å². The highest BCUT2D eigenvalue weighted by molar-refractivity contribution is 9.10. The first-order chi connectivity index (χ1) is 11.8. The van der Waals surface area contributed by atoms with Crippen molar-refractivity contribution in [2.75, 3.05) is 5.43 Å². The van der Waals surface area contributed by atoms with Gasteiger partial charge in [-0.25, -0.2) is 0 Å². The maximum atomic E-state index is 4.39. The van der Waals surface area contributed by atoms with Gasteiger partial charge in [-0.1, -0.05) is 64.5 Å². The van der Waals surface area contributed by atoms with Gasteiger partial charge in [-0.05, 0) is 36.4 Å². The number of nitrogens with one attached hydrogen (secondary N) is 1. The van der Waals surface area contributed by atoms with Crippen molar-refractivity contribution in [1.82, 2.24) is 0 Å². The molecule has 0 heterocycles. The molecule has 0 radical (unpaired) electrons. The fourth-order valence-corrected chi connectivity index (χ4v) is 2.24. The van der Waals surface area contributed by atoms with Crippen LogP contribution in [0.4, 0.5) is 11.4 Å². The van der Waals surface area contributed by atoms with Crippen molar-refractivity contribution in [2.45, 2.75) is 0 Å². The molecule has 0 unspecified atom stereocenters. The molecule has 1 N–H and O–H groups in total. The van der Waals surface area contributed by atoms with E-state index >= 15 is 0 Å². The fraction of sp³-hybridized carbons (Fsp3) is 0. The van der Waals surface area contributed by atoms with Crippen molar-refractivity contribution in [1.29, 1.82) is 0 Å². The summed E-state index contributed by atoms with van der Waals surface area (Å²) in [6, 6.07) is 27.1. The summed E-state index contributed by atoms with van der Waals surface area (Å²) in [5.74, 6) is 0.516. The summed E-state index contributed by atoms with van der Waals surface area (Å²) in [5.41, 5.74) is 5.56. The highest BCUT2D eigenvalue weighted by Crippen LogP contribution is 2.18. The molecule has 24 heavy (non-hydrogen) atoms. The van der Waals surface area contributed by atoms with Crippen LogP contribution in [0.5, 0.6) is 0 Å². The van der Waals surface area contributed by atoms with E-state index in [1.165, 1.54) is 0 Å². The molecule has 0 aromatic heterocycles. The number of hydrogen-bond donors (Lipinski definition) is 1. The second kappa shape index (κ2) is 8.17. The molecule has 0 spiro atoms. The Morgan fingerprint density at radius 2 is 1.38 bits per heavy atom. The fourth-order valence-electron chi connectivity index (χ4n) is 1.97.